The molecule has 120 valence electrons. The summed E-state index contributed by atoms with van der Waals surface area (Å²) in [6.45, 7) is 2.84. The lowest BCUT2D eigenvalue weighted by Crippen LogP contribution is -2.30. The Bertz CT molecular complexity index is 696. The predicted molar refractivity (Wildman–Crippen MR) is 84.7 cm³/mol. The van der Waals surface area contributed by atoms with Crippen molar-refractivity contribution in [1.29, 1.82) is 0 Å². The molecular formula is C17H19N3O3. The van der Waals surface area contributed by atoms with Crippen LogP contribution in [0, 0.1) is 12.8 Å². The van der Waals surface area contributed by atoms with Gasteiger partial charge in [-0.25, -0.2) is 0 Å². The van der Waals surface area contributed by atoms with Crippen LogP contribution in [0.25, 0.3) is 0 Å². The molecule has 0 bridgehead atoms. The molecule has 3 rings (SSSR count). The van der Waals surface area contributed by atoms with Gasteiger partial charge in [0.1, 0.15) is 5.76 Å². The lowest BCUT2D eigenvalue weighted by atomic mass is 10.1. The van der Waals surface area contributed by atoms with Crippen molar-refractivity contribution in [2.24, 2.45) is 5.92 Å². The van der Waals surface area contributed by atoms with Crippen LogP contribution in [0.15, 0.2) is 40.9 Å². The van der Waals surface area contributed by atoms with Gasteiger partial charge in [0.15, 0.2) is 5.82 Å². The molecule has 1 fully saturated rings. The van der Waals surface area contributed by atoms with Gasteiger partial charge in [-0.05, 0) is 18.9 Å². The molecule has 23 heavy (non-hydrogen) atoms. The molecule has 1 N–H and O–H groups in total. The molecule has 1 atom stereocenters. The van der Waals surface area contributed by atoms with Crippen molar-refractivity contribution in [2.45, 2.75) is 19.8 Å². The highest BCUT2D eigenvalue weighted by Crippen LogP contribution is 2.20. The summed E-state index contributed by atoms with van der Waals surface area (Å²) in [6, 6.07) is 11.7. The summed E-state index contributed by atoms with van der Waals surface area (Å²) >= 11 is 0. The van der Waals surface area contributed by atoms with Gasteiger partial charge in [-0.15, -0.1) is 0 Å². The van der Waals surface area contributed by atoms with Crippen LogP contribution < -0.4 is 5.32 Å². The average Bonchev–Trinajstić information content (AvgIpc) is 3.12. The summed E-state index contributed by atoms with van der Waals surface area (Å²) in [6.07, 6.45) is 1.04. The molecule has 1 aromatic carbocycles. The van der Waals surface area contributed by atoms with E-state index in [0.717, 1.165) is 6.42 Å². The van der Waals surface area contributed by atoms with Gasteiger partial charge in [0.05, 0.1) is 5.92 Å². The molecule has 6 heteroatoms. The minimum absolute atomic E-state index is 0.0254. The molecule has 0 spiro atoms. The number of likely N-dealkylation sites (tertiary alicyclic amines) is 1. The SMILES string of the molecule is Cc1cc(NC(=O)[C@@H]2CC(=O)N(CCc3ccccc3)C2)no1. The van der Waals surface area contributed by atoms with Gasteiger partial charge < -0.3 is 14.7 Å². The summed E-state index contributed by atoms with van der Waals surface area (Å²) in [5.74, 6) is 0.525. The number of carbonyl (C=O) groups excluding carboxylic acids is 2. The largest absolute Gasteiger partial charge is 0.360 e. The van der Waals surface area contributed by atoms with Crippen LogP contribution in [0.3, 0.4) is 0 Å². The molecule has 1 aliphatic heterocycles. The number of aromatic nitrogens is 1. The highest BCUT2D eigenvalue weighted by molar-refractivity contribution is 5.96. The van der Waals surface area contributed by atoms with Crippen molar-refractivity contribution in [3.63, 3.8) is 0 Å². The van der Waals surface area contributed by atoms with Crippen LogP contribution in [-0.2, 0) is 16.0 Å². The number of aryl methyl sites for hydroxylation is 1. The van der Waals surface area contributed by atoms with E-state index in [1.165, 1.54) is 5.56 Å². The Morgan fingerprint density at radius 3 is 2.87 bits per heavy atom. The molecule has 0 radical (unpaired) electrons. The minimum Gasteiger partial charge on any atom is -0.360 e. The molecule has 2 aromatic rings. The summed E-state index contributed by atoms with van der Waals surface area (Å²) < 4.78 is 4.92. The minimum atomic E-state index is -0.338. The van der Waals surface area contributed by atoms with Crippen molar-refractivity contribution in [3.8, 4) is 0 Å². The van der Waals surface area contributed by atoms with Gasteiger partial charge in [-0.2, -0.15) is 0 Å². The average molecular weight is 313 g/mol. The normalized spacial score (nSPS) is 17.5. The van der Waals surface area contributed by atoms with Crippen molar-refractivity contribution in [3.05, 3.63) is 47.7 Å². The van der Waals surface area contributed by atoms with Crippen LogP contribution in [0.2, 0.25) is 0 Å². The summed E-state index contributed by atoms with van der Waals surface area (Å²) in [5.41, 5.74) is 1.19. The molecule has 0 unspecified atom stereocenters. The fraction of sp³-hybridized carbons (Fsp3) is 0.353. The van der Waals surface area contributed by atoms with Crippen molar-refractivity contribution in [2.75, 3.05) is 18.4 Å². The third-order valence-corrected chi connectivity index (χ3v) is 3.98. The van der Waals surface area contributed by atoms with Gasteiger partial charge in [0.25, 0.3) is 0 Å². The fourth-order valence-electron chi connectivity index (χ4n) is 2.73. The Morgan fingerprint density at radius 1 is 1.39 bits per heavy atom. The second-order valence-corrected chi connectivity index (χ2v) is 5.79. The van der Waals surface area contributed by atoms with Gasteiger partial charge in [0.2, 0.25) is 11.8 Å². The predicted octanol–water partition coefficient (Wildman–Crippen LogP) is 2.01. The van der Waals surface area contributed by atoms with Crippen molar-refractivity contribution in [1.82, 2.24) is 10.1 Å². The van der Waals surface area contributed by atoms with E-state index >= 15 is 0 Å². The zero-order valence-corrected chi connectivity index (χ0v) is 13.0. The Labute approximate surface area is 134 Å². The van der Waals surface area contributed by atoms with Crippen LogP contribution in [0.4, 0.5) is 5.82 Å². The molecule has 1 aromatic heterocycles. The number of benzene rings is 1. The van der Waals surface area contributed by atoms with E-state index < -0.39 is 0 Å². The molecule has 0 saturated carbocycles. The number of nitrogens with one attached hydrogen (secondary N) is 1. The first kappa shape index (κ1) is 15.3. The first-order chi connectivity index (χ1) is 11.1. The molecular weight excluding hydrogens is 294 g/mol. The molecule has 1 saturated heterocycles. The first-order valence-corrected chi connectivity index (χ1v) is 7.67. The first-order valence-electron chi connectivity index (χ1n) is 7.67. The van der Waals surface area contributed by atoms with E-state index in [0.29, 0.717) is 24.7 Å². The summed E-state index contributed by atoms with van der Waals surface area (Å²) in [7, 11) is 0. The zero-order valence-electron chi connectivity index (χ0n) is 13.0. The lowest BCUT2D eigenvalue weighted by molar-refractivity contribution is -0.128. The van der Waals surface area contributed by atoms with Crippen molar-refractivity contribution >= 4 is 17.6 Å². The molecule has 0 aliphatic carbocycles. The number of amides is 2. The topological polar surface area (TPSA) is 75.4 Å². The quantitative estimate of drug-likeness (QED) is 0.916. The van der Waals surface area contributed by atoms with E-state index in [1.807, 2.05) is 30.3 Å². The maximum atomic E-state index is 12.2. The van der Waals surface area contributed by atoms with E-state index in [2.05, 4.69) is 10.5 Å². The Balaban J connectivity index is 1.53. The number of anilines is 1. The zero-order chi connectivity index (χ0) is 16.2. The number of rotatable bonds is 5. The maximum Gasteiger partial charge on any atom is 0.231 e. The number of hydrogen-bond acceptors (Lipinski definition) is 4. The van der Waals surface area contributed by atoms with Crippen LogP contribution in [0.1, 0.15) is 17.7 Å². The van der Waals surface area contributed by atoms with Crippen LogP contribution in [0.5, 0.6) is 0 Å². The van der Waals surface area contributed by atoms with Crippen molar-refractivity contribution < 1.29 is 14.1 Å². The third kappa shape index (κ3) is 3.77. The second-order valence-electron chi connectivity index (χ2n) is 5.79. The van der Waals surface area contributed by atoms with Gasteiger partial charge in [-0.1, -0.05) is 35.5 Å². The molecule has 1 aliphatic rings. The monoisotopic (exact) mass is 313 g/mol. The van der Waals surface area contributed by atoms with Crippen LogP contribution >= 0.6 is 0 Å². The smallest absolute Gasteiger partial charge is 0.231 e. The Kier molecular flexibility index (Phi) is 4.41. The number of nitrogens with zero attached hydrogens (tertiary/aromatic N) is 2. The highest BCUT2D eigenvalue weighted by Gasteiger charge is 2.34. The second kappa shape index (κ2) is 6.64. The van der Waals surface area contributed by atoms with Crippen LogP contribution in [-0.4, -0.2) is 35.0 Å². The summed E-state index contributed by atoms with van der Waals surface area (Å²) in [4.78, 5) is 26.1. The van der Waals surface area contributed by atoms with Gasteiger partial charge in [-0.3, -0.25) is 9.59 Å². The molecule has 2 amide bonds. The van der Waals surface area contributed by atoms with E-state index in [9.17, 15) is 9.59 Å². The molecule has 2 heterocycles. The van der Waals surface area contributed by atoms with Gasteiger partial charge in [0, 0.05) is 25.6 Å². The number of hydrogen-bond donors (Lipinski definition) is 1. The number of carbonyl (C=O) groups is 2. The summed E-state index contributed by atoms with van der Waals surface area (Å²) in [5, 5.41) is 6.43. The van der Waals surface area contributed by atoms with Gasteiger partial charge >= 0.3 is 0 Å². The maximum absolute atomic E-state index is 12.2. The van der Waals surface area contributed by atoms with E-state index in [4.69, 9.17) is 4.52 Å². The lowest BCUT2D eigenvalue weighted by Gasteiger charge is -2.16. The highest BCUT2D eigenvalue weighted by atomic mass is 16.5. The standard InChI is InChI=1S/C17H19N3O3/c1-12-9-15(19-23-12)18-17(22)14-10-16(21)20(11-14)8-7-13-5-3-2-4-6-13/h2-6,9,14H,7-8,10-11H2,1H3,(H,18,19,22)/t14-/m1/s1. The Hall–Kier alpha value is -2.63. The van der Waals surface area contributed by atoms with E-state index in [-0.39, 0.29) is 24.2 Å². The Morgan fingerprint density at radius 2 is 2.17 bits per heavy atom. The molecule has 6 nitrogen and oxygen atoms in total. The van der Waals surface area contributed by atoms with E-state index in [1.54, 1.807) is 17.9 Å². The fourth-order valence-corrected chi connectivity index (χ4v) is 2.73. The third-order valence-electron chi connectivity index (χ3n) is 3.98.